The van der Waals surface area contributed by atoms with Crippen molar-refractivity contribution < 1.29 is 9.59 Å². The van der Waals surface area contributed by atoms with Crippen LogP contribution in [0.2, 0.25) is 0 Å². The van der Waals surface area contributed by atoms with E-state index in [-0.39, 0.29) is 17.7 Å². The number of hydrogen-bond acceptors (Lipinski definition) is 2. The van der Waals surface area contributed by atoms with Crippen molar-refractivity contribution in [1.29, 1.82) is 0 Å². The van der Waals surface area contributed by atoms with Gasteiger partial charge < -0.3 is 10.2 Å². The van der Waals surface area contributed by atoms with E-state index in [4.69, 9.17) is 0 Å². The van der Waals surface area contributed by atoms with Crippen LogP contribution in [0.15, 0.2) is 0 Å². The fraction of sp³-hybridized carbons (Fsp3) is 0.800. The van der Waals surface area contributed by atoms with Crippen molar-refractivity contribution in [3.8, 4) is 0 Å². The second-order valence-electron chi connectivity index (χ2n) is 4.31. The molecule has 0 radical (unpaired) electrons. The first kappa shape index (κ1) is 11.0. The summed E-state index contributed by atoms with van der Waals surface area (Å²) in [6, 6.07) is 0. The largest absolute Gasteiger partial charge is 0.356 e. The van der Waals surface area contributed by atoms with Gasteiger partial charge in [-0.2, -0.15) is 0 Å². The highest BCUT2D eigenvalue weighted by atomic mass is 16.2. The number of hydrogen-bond donors (Lipinski definition) is 1. The lowest BCUT2D eigenvalue weighted by Crippen LogP contribution is -2.34. The van der Waals surface area contributed by atoms with E-state index in [2.05, 4.69) is 5.32 Å². The Labute approximate surface area is 84.7 Å². The van der Waals surface area contributed by atoms with Crippen molar-refractivity contribution in [2.24, 2.45) is 11.8 Å². The monoisotopic (exact) mass is 198 g/mol. The summed E-state index contributed by atoms with van der Waals surface area (Å²) in [6.07, 6.45) is 0.362. The predicted molar refractivity (Wildman–Crippen MR) is 53.6 cm³/mol. The Morgan fingerprint density at radius 3 is 2.71 bits per heavy atom. The molecule has 80 valence electrons. The maximum absolute atomic E-state index is 11.6. The molecule has 0 aromatic carbocycles. The number of amides is 2. The Kier molecular flexibility index (Phi) is 3.49. The summed E-state index contributed by atoms with van der Waals surface area (Å²) in [7, 11) is 1.73. The van der Waals surface area contributed by atoms with E-state index in [0.29, 0.717) is 25.4 Å². The van der Waals surface area contributed by atoms with Crippen molar-refractivity contribution in [1.82, 2.24) is 10.2 Å². The van der Waals surface area contributed by atoms with Gasteiger partial charge in [-0.05, 0) is 5.92 Å². The van der Waals surface area contributed by atoms with Crippen LogP contribution < -0.4 is 5.32 Å². The molecule has 4 nitrogen and oxygen atoms in total. The van der Waals surface area contributed by atoms with Crippen LogP contribution in [0.5, 0.6) is 0 Å². The molecule has 14 heavy (non-hydrogen) atoms. The molecule has 1 fully saturated rings. The van der Waals surface area contributed by atoms with Crippen LogP contribution in [0.3, 0.4) is 0 Å². The summed E-state index contributed by atoms with van der Waals surface area (Å²) in [6.45, 7) is 5.34. The topological polar surface area (TPSA) is 49.4 Å². The van der Waals surface area contributed by atoms with Crippen LogP contribution in [0.1, 0.15) is 20.3 Å². The summed E-state index contributed by atoms with van der Waals surface area (Å²) in [5.41, 5.74) is 0. The normalized spacial score (nSPS) is 21.9. The first-order valence-corrected chi connectivity index (χ1v) is 5.02. The number of likely N-dealkylation sites (tertiary alicyclic amines) is 1. The number of nitrogens with one attached hydrogen (secondary N) is 1. The molecule has 0 bridgehead atoms. The van der Waals surface area contributed by atoms with Crippen molar-refractivity contribution in [2.75, 3.05) is 20.1 Å². The smallest absolute Gasteiger partial charge is 0.225 e. The maximum atomic E-state index is 11.6. The lowest BCUT2D eigenvalue weighted by atomic mass is 10.1. The summed E-state index contributed by atoms with van der Waals surface area (Å²) in [5, 5.41) is 2.85. The third kappa shape index (κ3) is 2.72. The minimum absolute atomic E-state index is 0.0106. The highest BCUT2D eigenvalue weighted by molar-refractivity contribution is 5.89. The fourth-order valence-electron chi connectivity index (χ4n) is 1.49. The van der Waals surface area contributed by atoms with E-state index in [0.717, 1.165) is 0 Å². The third-order valence-corrected chi connectivity index (χ3v) is 2.40. The molecule has 1 unspecified atom stereocenters. The molecule has 1 atom stereocenters. The maximum Gasteiger partial charge on any atom is 0.225 e. The van der Waals surface area contributed by atoms with E-state index in [1.54, 1.807) is 11.9 Å². The molecule has 1 N–H and O–H groups in total. The zero-order valence-corrected chi connectivity index (χ0v) is 9.04. The molecule has 0 aromatic rings. The van der Waals surface area contributed by atoms with Crippen LogP contribution in [0, 0.1) is 11.8 Å². The van der Waals surface area contributed by atoms with Gasteiger partial charge in [-0.25, -0.2) is 0 Å². The van der Waals surface area contributed by atoms with Gasteiger partial charge in [0.05, 0.1) is 5.92 Å². The SMILES string of the molecule is CC(C)CNC(=O)C1CC(=O)N(C)C1. The van der Waals surface area contributed by atoms with Gasteiger partial charge in [0.15, 0.2) is 0 Å². The average molecular weight is 198 g/mol. The molecule has 0 aliphatic carbocycles. The molecule has 2 amide bonds. The summed E-state index contributed by atoms with van der Waals surface area (Å²) in [5.74, 6) is 0.381. The standard InChI is InChI=1S/C10H18N2O2/c1-7(2)5-11-10(14)8-4-9(13)12(3)6-8/h7-8H,4-6H2,1-3H3,(H,11,14). The van der Waals surface area contributed by atoms with Gasteiger partial charge in [0, 0.05) is 26.6 Å². The second-order valence-corrected chi connectivity index (χ2v) is 4.31. The van der Waals surface area contributed by atoms with Gasteiger partial charge in [0.25, 0.3) is 0 Å². The molecule has 1 heterocycles. The van der Waals surface area contributed by atoms with Crippen LogP contribution in [0.25, 0.3) is 0 Å². The molecule has 1 rings (SSSR count). The predicted octanol–water partition coefficient (Wildman–Crippen LogP) is 0.237. The second kappa shape index (κ2) is 4.44. The molecular formula is C10H18N2O2. The Balaban J connectivity index is 2.36. The van der Waals surface area contributed by atoms with Gasteiger partial charge in [-0.15, -0.1) is 0 Å². The molecular weight excluding hydrogens is 180 g/mol. The molecule has 0 spiro atoms. The highest BCUT2D eigenvalue weighted by Gasteiger charge is 2.31. The highest BCUT2D eigenvalue weighted by Crippen LogP contribution is 2.15. The lowest BCUT2D eigenvalue weighted by Gasteiger charge is -2.12. The first-order chi connectivity index (χ1) is 6.50. The van der Waals surface area contributed by atoms with Gasteiger partial charge in [0.1, 0.15) is 0 Å². The summed E-state index contributed by atoms with van der Waals surface area (Å²) < 4.78 is 0. The molecule has 1 aliphatic rings. The Morgan fingerprint density at radius 1 is 1.64 bits per heavy atom. The van der Waals surface area contributed by atoms with Gasteiger partial charge in [-0.3, -0.25) is 9.59 Å². The van der Waals surface area contributed by atoms with Crippen molar-refractivity contribution >= 4 is 11.8 Å². The van der Waals surface area contributed by atoms with E-state index >= 15 is 0 Å². The zero-order chi connectivity index (χ0) is 10.7. The summed E-state index contributed by atoms with van der Waals surface area (Å²) in [4.78, 5) is 24.3. The average Bonchev–Trinajstić information content (AvgIpc) is 2.43. The van der Waals surface area contributed by atoms with Crippen LogP contribution in [0.4, 0.5) is 0 Å². The Bertz CT molecular complexity index is 238. The molecule has 1 saturated heterocycles. The van der Waals surface area contributed by atoms with E-state index < -0.39 is 0 Å². The van der Waals surface area contributed by atoms with E-state index in [9.17, 15) is 9.59 Å². The number of carbonyl (C=O) groups is 2. The van der Waals surface area contributed by atoms with Crippen molar-refractivity contribution in [2.45, 2.75) is 20.3 Å². The molecule has 0 aromatic heterocycles. The summed E-state index contributed by atoms with van der Waals surface area (Å²) >= 11 is 0. The zero-order valence-electron chi connectivity index (χ0n) is 9.04. The minimum Gasteiger partial charge on any atom is -0.356 e. The molecule has 1 aliphatic heterocycles. The minimum atomic E-state index is -0.147. The number of rotatable bonds is 3. The fourth-order valence-corrected chi connectivity index (χ4v) is 1.49. The number of carbonyl (C=O) groups excluding carboxylic acids is 2. The van der Waals surface area contributed by atoms with E-state index in [1.165, 1.54) is 0 Å². The van der Waals surface area contributed by atoms with Crippen molar-refractivity contribution in [3.63, 3.8) is 0 Å². The van der Waals surface area contributed by atoms with Crippen molar-refractivity contribution in [3.05, 3.63) is 0 Å². The van der Waals surface area contributed by atoms with Crippen LogP contribution in [-0.2, 0) is 9.59 Å². The quantitative estimate of drug-likeness (QED) is 0.706. The Morgan fingerprint density at radius 2 is 2.29 bits per heavy atom. The van der Waals surface area contributed by atoms with Crippen LogP contribution >= 0.6 is 0 Å². The van der Waals surface area contributed by atoms with Gasteiger partial charge in [0.2, 0.25) is 11.8 Å². The Hall–Kier alpha value is -1.06. The first-order valence-electron chi connectivity index (χ1n) is 5.02. The lowest BCUT2D eigenvalue weighted by molar-refractivity contribution is -0.128. The van der Waals surface area contributed by atoms with E-state index in [1.807, 2.05) is 13.8 Å². The molecule has 4 heteroatoms. The third-order valence-electron chi connectivity index (χ3n) is 2.40. The van der Waals surface area contributed by atoms with Crippen LogP contribution in [-0.4, -0.2) is 36.9 Å². The number of nitrogens with zero attached hydrogens (tertiary/aromatic N) is 1. The van der Waals surface area contributed by atoms with Gasteiger partial charge >= 0.3 is 0 Å². The molecule has 0 saturated carbocycles. The van der Waals surface area contributed by atoms with Gasteiger partial charge in [-0.1, -0.05) is 13.8 Å².